The third kappa shape index (κ3) is 3.16. The van der Waals surface area contributed by atoms with E-state index in [0.717, 1.165) is 6.42 Å². The lowest BCUT2D eigenvalue weighted by atomic mass is 9.70. The van der Waals surface area contributed by atoms with Crippen molar-refractivity contribution >= 4 is 22.7 Å². The molecule has 2 aliphatic heterocycles. The summed E-state index contributed by atoms with van der Waals surface area (Å²) in [6.07, 6.45) is 1.03. The second-order valence-corrected chi connectivity index (χ2v) is 11.1. The number of nitrogens with one attached hydrogen (secondary N) is 2. The maximum Gasteiger partial charge on any atom is 0.0464 e. The SMILES string of the molecule is CCC(c1cccc2c1Nc1ccccc1C2(C)C)c1cccc2c1Nc1ccccc1C2(C)C. The van der Waals surface area contributed by atoms with Crippen molar-refractivity contribution in [2.75, 3.05) is 10.6 Å². The molecule has 6 rings (SSSR count). The lowest BCUT2D eigenvalue weighted by Gasteiger charge is -2.39. The first-order valence-electron chi connectivity index (χ1n) is 12.8. The number of anilines is 4. The fourth-order valence-corrected chi connectivity index (χ4v) is 6.48. The molecular weight excluding hydrogens is 424 g/mol. The van der Waals surface area contributed by atoms with Crippen LogP contribution in [-0.4, -0.2) is 0 Å². The molecular formula is C33H34N2. The molecule has 0 atom stereocenters. The van der Waals surface area contributed by atoms with Gasteiger partial charge in [0.05, 0.1) is 0 Å². The Kier molecular flexibility index (Phi) is 4.86. The zero-order chi connectivity index (χ0) is 24.4. The highest BCUT2D eigenvalue weighted by atomic mass is 14.9. The normalized spacial score (nSPS) is 16.3. The van der Waals surface area contributed by atoms with Crippen molar-refractivity contribution in [3.8, 4) is 0 Å². The quantitative estimate of drug-likeness (QED) is 0.320. The molecule has 4 aromatic rings. The molecule has 0 spiro atoms. The zero-order valence-electron chi connectivity index (χ0n) is 21.4. The minimum atomic E-state index is -0.0548. The van der Waals surface area contributed by atoms with Crippen LogP contribution in [0.15, 0.2) is 84.9 Å². The molecule has 0 saturated heterocycles. The molecule has 0 unspecified atom stereocenters. The predicted octanol–water partition coefficient (Wildman–Crippen LogP) is 8.99. The monoisotopic (exact) mass is 458 g/mol. The van der Waals surface area contributed by atoms with Gasteiger partial charge in [0.2, 0.25) is 0 Å². The Morgan fingerprint density at radius 2 is 0.943 bits per heavy atom. The highest BCUT2D eigenvalue weighted by Gasteiger charge is 2.37. The first kappa shape index (κ1) is 22.0. The first-order valence-corrected chi connectivity index (χ1v) is 12.8. The van der Waals surface area contributed by atoms with Crippen LogP contribution in [0.1, 0.15) is 80.3 Å². The molecule has 0 saturated carbocycles. The van der Waals surface area contributed by atoms with Gasteiger partial charge in [-0.25, -0.2) is 0 Å². The Morgan fingerprint density at radius 1 is 0.543 bits per heavy atom. The molecule has 0 fully saturated rings. The Balaban J connectivity index is 1.53. The van der Waals surface area contributed by atoms with Crippen molar-refractivity contribution in [1.82, 2.24) is 0 Å². The topological polar surface area (TPSA) is 24.1 Å². The van der Waals surface area contributed by atoms with Crippen LogP contribution < -0.4 is 10.6 Å². The number of fused-ring (bicyclic) bond motifs is 4. The largest absolute Gasteiger partial charge is 0.355 e. The standard InChI is InChI=1S/C33H34N2/c1-6-21(22-13-11-17-26-30(22)34-28-19-9-7-15-24(28)32(26,2)3)23-14-12-18-27-31(23)35-29-20-10-8-16-25(29)33(27,4)5/h7-21,34-35H,6H2,1-5H3. The molecule has 2 aliphatic rings. The summed E-state index contributed by atoms with van der Waals surface area (Å²) in [5.41, 5.74) is 13.1. The van der Waals surface area contributed by atoms with Crippen molar-refractivity contribution < 1.29 is 0 Å². The second kappa shape index (κ2) is 7.75. The zero-order valence-corrected chi connectivity index (χ0v) is 21.4. The Hall–Kier alpha value is -3.52. The Morgan fingerprint density at radius 3 is 1.37 bits per heavy atom. The summed E-state index contributed by atoms with van der Waals surface area (Å²) in [5.74, 6) is 0.280. The minimum Gasteiger partial charge on any atom is -0.355 e. The van der Waals surface area contributed by atoms with Crippen LogP contribution in [0.3, 0.4) is 0 Å². The molecule has 176 valence electrons. The van der Waals surface area contributed by atoms with Crippen LogP contribution in [0.2, 0.25) is 0 Å². The van der Waals surface area contributed by atoms with E-state index in [0.29, 0.717) is 0 Å². The Bertz CT molecular complexity index is 1330. The van der Waals surface area contributed by atoms with Gasteiger partial charge < -0.3 is 10.6 Å². The lowest BCUT2D eigenvalue weighted by Crippen LogP contribution is -2.28. The maximum absolute atomic E-state index is 3.84. The van der Waals surface area contributed by atoms with E-state index in [9.17, 15) is 0 Å². The predicted molar refractivity (Wildman–Crippen MR) is 149 cm³/mol. The first-order chi connectivity index (χ1) is 16.8. The van der Waals surface area contributed by atoms with Crippen LogP contribution in [0.5, 0.6) is 0 Å². The van der Waals surface area contributed by atoms with Crippen molar-refractivity contribution in [2.24, 2.45) is 0 Å². The van der Waals surface area contributed by atoms with E-state index >= 15 is 0 Å². The van der Waals surface area contributed by atoms with E-state index in [1.807, 2.05) is 0 Å². The number of para-hydroxylation sites is 4. The van der Waals surface area contributed by atoms with Gasteiger partial charge in [0, 0.05) is 39.5 Å². The molecule has 0 aromatic heterocycles. The maximum atomic E-state index is 3.84. The van der Waals surface area contributed by atoms with Crippen LogP contribution >= 0.6 is 0 Å². The van der Waals surface area contributed by atoms with Gasteiger partial charge in [-0.3, -0.25) is 0 Å². The third-order valence-electron chi connectivity index (χ3n) is 8.42. The van der Waals surface area contributed by atoms with Crippen molar-refractivity contribution in [3.63, 3.8) is 0 Å². The van der Waals surface area contributed by atoms with Gasteiger partial charge in [-0.15, -0.1) is 0 Å². The van der Waals surface area contributed by atoms with Crippen LogP contribution in [0.4, 0.5) is 22.7 Å². The lowest BCUT2D eigenvalue weighted by molar-refractivity contribution is 0.631. The molecule has 2 heterocycles. The molecule has 35 heavy (non-hydrogen) atoms. The number of benzene rings is 4. The molecule has 0 radical (unpaired) electrons. The van der Waals surface area contributed by atoms with Gasteiger partial charge in [-0.05, 0) is 51.9 Å². The van der Waals surface area contributed by atoms with E-state index in [1.54, 1.807) is 0 Å². The van der Waals surface area contributed by atoms with Crippen molar-refractivity contribution in [2.45, 2.75) is 57.8 Å². The molecule has 0 amide bonds. The summed E-state index contributed by atoms with van der Waals surface area (Å²) in [4.78, 5) is 0. The van der Waals surface area contributed by atoms with Crippen LogP contribution in [0, 0.1) is 0 Å². The van der Waals surface area contributed by atoms with Crippen molar-refractivity contribution in [1.29, 1.82) is 0 Å². The molecule has 2 nitrogen and oxygen atoms in total. The van der Waals surface area contributed by atoms with E-state index < -0.39 is 0 Å². The summed E-state index contributed by atoms with van der Waals surface area (Å²) < 4.78 is 0. The average molecular weight is 459 g/mol. The van der Waals surface area contributed by atoms with Crippen molar-refractivity contribution in [3.05, 3.63) is 118 Å². The summed E-state index contributed by atoms with van der Waals surface area (Å²) in [6.45, 7) is 11.7. The molecule has 0 bridgehead atoms. The van der Waals surface area contributed by atoms with E-state index in [4.69, 9.17) is 0 Å². The van der Waals surface area contributed by atoms with Crippen LogP contribution in [-0.2, 0) is 10.8 Å². The molecule has 2 N–H and O–H groups in total. The fraction of sp³-hybridized carbons (Fsp3) is 0.273. The van der Waals surface area contributed by atoms with E-state index in [1.165, 1.54) is 56.1 Å². The minimum absolute atomic E-state index is 0.0548. The van der Waals surface area contributed by atoms with Gasteiger partial charge in [-0.1, -0.05) is 107 Å². The smallest absolute Gasteiger partial charge is 0.0464 e. The summed E-state index contributed by atoms with van der Waals surface area (Å²) >= 11 is 0. The summed E-state index contributed by atoms with van der Waals surface area (Å²) in [5, 5.41) is 7.68. The van der Waals surface area contributed by atoms with E-state index in [-0.39, 0.29) is 16.7 Å². The Labute approximate surface area is 209 Å². The third-order valence-corrected chi connectivity index (χ3v) is 8.42. The molecule has 4 aromatic carbocycles. The van der Waals surface area contributed by atoms with Gasteiger partial charge in [0.1, 0.15) is 0 Å². The van der Waals surface area contributed by atoms with Gasteiger partial charge >= 0.3 is 0 Å². The second-order valence-electron chi connectivity index (χ2n) is 11.1. The van der Waals surface area contributed by atoms with Gasteiger partial charge in [0.15, 0.2) is 0 Å². The highest BCUT2D eigenvalue weighted by molar-refractivity contribution is 5.81. The number of hydrogen-bond acceptors (Lipinski definition) is 2. The molecule has 0 aliphatic carbocycles. The fourth-order valence-electron chi connectivity index (χ4n) is 6.48. The summed E-state index contributed by atoms with van der Waals surface area (Å²) in [6, 6.07) is 31.2. The average Bonchev–Trinajstić information content (AvgIpc) is 2.85. The highest BCUT2D eigenvalue weighted by Crippen LogP contribution is 2.52. The van der Waals surface area contributed by atoms with Gasteiger partial charge in [0.25, 0.3) is 0 Å². The number of hydrogen-bond donors (Lipinski definition) is 2. The molecule has 2 heteroatoms. The van der Waals surface area contributed by atoms with Gasteiger partial charge in [-0.2, -0.15) is 0 Å². The van der Waals surface area contributed by atoms with Crippen LogP contribution in [0.25, 0.3) is 0 Å². The summed E-state index contributed by atoms with van der Waals surface area (Å²) in [7, 11) is 0. The van der Waals surface area contributed by atoms with E-state index in [2.05, 4.69) is 130 Å². The number of rotatable bonds is 3.